The second-order valence-electron chi connectivity index (χ2n) is 6.69. The average Bonchev–Trinajstić information content (AvgIpc) is 3.40. The van der Waals surface area contributed by atoms with Crippen LogP contribution in [0, 0.1) is 0 Å². The fraction of sp³-hybridized carbons (Fsp3) is 0.238. The van der Waals surface area contributed by atoms with Crippen molar-refractivity contribution in [3.63, 3.8) is 0 Å². The van der Waals surface area contributed by atoms with E-state index < -0.39 is 0 Å². The molecule has 0 atom stereocenters. The predicted molar refractivity (Wildman–Crippen MR) is 112 cm³/mol. The van der Waals surface area contributed by atoms with Gasteiger partial charge in [-0.05, 0) is 34.9 Å². The Bertz CT molecular complexity index is 1090. The van der Waals surface area contributed by atoms with Crippen LogP contribution in [0.4, 0.5) is 0 Å². The highest BCUT2D eigenvalue weighted by molar-refractivity contribution is 6.30. The number of hydrogen-bond acceptors (Lipinski definition) is 5. The Morgan fingerprint density at radius 2 is 1.83 bits per heavy atom. The molecule has 0 amide bonds. The number of tetrazole rings is 1. The van der Waals surface area contributed by atoms with Crippen molar-refractivity contribution >= 4 is 11.6 Å². The topological polar surface area (TPSA) is 92.5 Å². The number of nitrogens with one attached hydrogen (secondary N) is 1. The molecule has 2 heterocycles. The molecule has 0 spiro atoms. The number of aliphatic hydroxyl groups is 1. The molecule has 0 unspecified atom stereocenters. The molecule has 8 heteroatoms. The fourth-order valence-corrected chi connectivity index (χ4v) is 3.66. The number of rotatable bonds is 7. The van der Waals surface area contributed by atoms with Gasteiger partial charge in [0.15, 0.2) is 5.15 Å². The molecule has 29 heavy (non-hydrogen) atoms. The molecule has 0 aliphatic carbocycles. The van der Waals surface area contributed by atoms with E-state index in [0.29, 0.717) is 16.7 Å². The second kappa shape index (κ2) is 8.55. The third-order valence-electron chi connectivity index (χ3n) is 4.85. The van der Waals surface area contributed by atoms with Gasteiger partial charge in [-0.1, -0.05) is 61.3 Å². The maximum absolute atomic E-state index is 9.81. The molecule has 0 radical (unpaired) electrons. The number of H-pyrrole nitrogens is 1. The minimum Gasteiger partial charge on any atom is -0.390 e. The smallest absolute Gasteiger partial charge is 0.205 e. The molecule has 0 saturated carbocycles. The zero-order chi connectivity index (χ0) is 20.2. The van der Waals surface area contributed by atoms with E-state index in [1.807, 2.05) is 53.1 Å². The lowest BCUT2D eigenvalue weighted by Gasteiger charge is -2.13. The summed E-state index contributed by atoms with van der Waals surface area (Å²) in [6.07, 6.45) is 2.87. The van der Waals surface area contributed by atoms with E-state index >= 15 is 0 Å². The first kappa shape index (κ1) is 19.3. The van der Waals surface area contributed by atoms with Crippen LogP contribution in [0.3, 0.4) is 0 Å². The van der Waals surface area contributed by atoms with Gasteiger partial charge in [-0.25, -0.2) is 4.98 Å². The summed E-state index contributed by atoms with van der Waals surface area (Å²) in [6.45, 7) is 1.97. The fourth-order valence-electron chi connectivity index (χ4n) is 3.42. The summed E-state index contributed by atoms with van der Waals surface area (Å²) in [5.41, 5.74) is 4.47. The van der Waals surface area contributed by atoms with Crippen molar-refractivity contribution in [3.8, 4) is 28.2 Å². The molecular formula is C21H21ClN6O. The van der Waals surface area contributed by atoms with Gasteiger partial charge in [0, 0.05) is 17.7 Å². The van der Waals surface area contributed by atoms with E-state index in [0.717, 1.165) is 47.5 Å². The lowest BCUT2D eigenvalue weighted by molar-refractivity contribution is 0.274. The Kier molecular flexibility index (Phi) is 5.69. The largest absolute Gasteiger partial charge is 0.390 e. The molecule has 148 valence electrons. The minimum atomic E-state index is -0.166. The van der Waals surface area contributed by atoms with Crippen molar-refractivity contribution in [3.05, 3.63) is 65.2 Å². The molecule has 2 aromatic heterocycles. The van der Waals surface area contributed by atoms with Crippen LogP contribution in [-0.2, 0) is 13.0 Å². The maximum atomic E-state index is 9.81. The Morgan fingerprint density at radius 1 is 1.07 bits per heavy atom. The number of aromatic nitrogens is 6. The summed E-state index contributed by atoms with van der Waals surface area (Å²) < 4.78 is 1.95. The minimum absolute atomic E-state index is 0.166. The highest BCUT2D eigenvalue weighted by atomic mass is 35.5. The normalized spacial score (nSPS) is 11.1. The Balaban J connectivity index is 1.74. The van der Waals surface area contributed by atoms with Crippen molar-refractivity contribution in [1.82, 2.24) is 30.2 Å². The van der Waals surface area contributed by atoms with Crippen molar-refractivity contribution in [2.24, 2.45) is 0 Å². The summed E-state index contributed by atoms with van der Waals surface area (Å²) in [6, 6.07) is 16.0. The molecule has 0 aliphatic heterocycles. The van der Waals surface area contributed by atoms with Gasteiger partial charge >= 0.3 is 0 Å². The van der Waals surface area contributed by atoms with Gasteiger partial charge in [0.25, 0.3) is 0 Å². The van der Waals surface area contributed by atoms with Crippen molar-refractivity contribution in [2.45, 2.75) is 32.8 Å². The van der Waals surface area contributed by atoms with Gasteiger partial charge in [-0.2, -0.15) is 5.21 Å². The van der Waals surface area contributed by atoms with E-state index in [1.54, 1.807) is 0 Å². The van der Waals surface area contributed by atoms with Crippen molar-refractivity contribution in [1.29, 1.82) is 0 Å². The van der Waals surface area contributed by atoms with E-state index in [1.165, 1.54) is 0 Å². The second-order valence-corrected chi connectivity index (χ2v) is 7.05. The summed E-state index contributed by atoms with van der Waals surface area (Å²) in [4.78, 5) is 4.47. The molecule has 2 N–H and O–H groups in total. The number of hydrogen-bond donors (Lipinski definition) is 2. The Morgan fingerprint density at radius 3 is 2.48 bits per heavy atom. The standard InChI is InChI=1S/C21H21ClN6O/c1-2-3-8-19-23-20(22)18(13-29)28(19)15-11-9-14(10-12-15)16-6-4-5-7-17(16)21-24-26-27-25-21/h4-7,9-12,29H,2-3,8,13H2,1H3,(H,24,25,26,27). The van der Waals surface area contributed by atoms with Gasteiger partial charge in [0.05, 0.1) is 12.3 Å². The molecule has 4 rings (SSSR count). The first-order valence-electron chi connectivity index (χ1n) is 9.53. The van der Waals surface area contributed by atoms with Crippen LogP contribution >= 0.6 is 11.6 Å². The van der Waals surface area contributed by atoms with Gasteiger partial charge in [0.1, 0.15) is 5.82 Å². The Labute approximate surface area is 173 Å². The third kappa shape index (κ3) is 3.79. The SMILES string of the molecule is CCCCc1nc(Cl)c(CO)n1-c1ccc(-c2ccccc2-c2nn[nH]n2)cc1. The molecule has 2 aromatic carbocycles. The molecule has 0 bridgehead atoms. The lowest BCUT2D eigenvalue weighted by atomic mass is 9.99. The zero-order valence-corrected chi connectivity index (χ0v) is 16.8. The highest BCUT2D eigenvalue weighted by Crippen LogP contribution is 2.31. The van der Waals surface area contributed by atoms with Gasteiger partial charge in [-0.3, -0.25) is 4.57 Å². The molecule has 7 nitrogen and oxygen atoms in total. The zero-order valence-electron chi connectivity index (χ0n) is 16.0. The van der Waals surface area contributed by atoms with Crippen LogP contribution in [0.2, 0.25) is 5.15 Å². The van der Waals surface area contributed by atoms with E-state index in [2.05, 4.69) is 32.5 Å². The van der Waals surface area contributed by atoms with Crippen LogP contribution < -0.4 is 0 Å². The van der Waals surface area contributed by atoms with Crippen LogP contribution in [0.5, 0.6) is 0 Å². The highest BCUT2D eigenvalue weighted by Gasteiger charge is 2.17. The van der Waals surface area contributed by atoms with Crippen LogP contribution in [-0.4, -0.2) is 35.3 Å². The monoisotopic (exact) mass is 408 g/mol. The number of unbranched alkanes of at least 4 members (excludes halogenated alkanes) is 1. The number of nitrogens with zero attached hydrogens (tertiary/aromatic N) is 5. The van der Waals surface area contributed by atoms with Crippen LogP contribution in [0.1, 0.15) is 31.3 Å². The van der Waals surface area contributed by atoms with E-state index in [4.69, 9.17) is 11.6 Å². The number of imidazole rings is 1. The first-order valence-corrected chi connectivity index (χ1v) is 9.91. The first-order chi connectivity index (χ1) is 14.2. The third-order valence-corrected chi connectivity index (χ3v) is 5.15. The Hall–Kier alpha value is -3.03. The number of benzene rings is 2. The number of aryl methyl sites for hydroxylation is 1. The number of halogens is 1. The molecule has 0 aliphatic rings. The van der Waals surface area contributed by atoms with Gasteiger partial charge < -0.3 is 5.11 Å². The molecular weight excluding hydrogens is 388 g/mol. The molecule has 0 fully saturated rings. The average molecular weight is 409 g/mol. The summed E-state index contributed by atoms with van der Waals surface area (Å²) in [5.74, 6) is 1.41. The van der Waals surface area contributed by atoms with Crippen molar-refractivity contribution < 1.29 is 5.11 Å². The number of aromatic amines is 1. The molecule has 4 aromatic rings. The number of aliphatic hydroxyl groups excluding tert-OH is 1. The van der Waals surface area contributed by atoms with Crippen molar-refractivity contribution in [2.75, 3.05) is 0 Å². The predicted octanol–water partition coefficient (Wildman–Crippen LogP) is 4.21. The summed E-state index contributed by atoms with van der Waals surface area (Å²) in [5, 5.41) is 24.5. The van der Waals surface area contributed by atoms with E-state index in [-0.39, 0.29) is 6.61 Å². The maximum Gasteiger partial charge on any atom is 0.205 e. The van der Waals surface area contributed by atoms with Gasteiger partial charge in [-0.15, -0.1) is 10.2 Å². The van der Waals surface area contributed by atoms with E-state index in [9.17, 15) is 5.11 Å². The summed E-state index contributed by atoms with van der Waals surface area (Å²) >= 11 is 6.27. The van der Waals surface area contributed by atoms with Crippen LogP contribution in [0.15, 0.2) is 48.5 Å². The quantitative estimate of drug-likeness (QED) is 0.478. The van der Waals surface area contributed by atoms with Gasteiger partial charge in [0.2, 0.25) is 5.82 Å². The lowest BCUT2D eigenvalue weighted by Crippen LogP contribution is -2.05. The molecule has 0 saturated heterocycles. The summed E-state index contributed by atoms with van der Waals surface area (Å²) in [7, 11) is 0. The van der Waals surface area contributed by atoms with Crippen LogP contribution in [0.25, 0.3) is 28.2 Å².